The zero-order valence-corrected chi connectivity index (χ0v) is 10.7. The van der Waals surface area contributed by atoms with Crippen LogP contribution in [0, 0.1) is 0 Å². The van der Waals surface area contributed by atoms with Crippen LogP contribution < -0.4 is 10.6 Å². The molecule has 5 nitrogen and oxygen atoms in total. The lowest BCUT2D eigenvalue weighted by molar-refractivity contribution is -0.118. The molecule has 98 valence electrons. The molecule has 2 N–H and O–H groups in total. The molecular weight excluding hydrogens is 232 g/mol. The Morgan fingerprint density at radius 2 is 2.11 bits per heavy atom. The molecule has 0 aromatic heterocycles. The third kappa shape index (κ3) is 5.34. The van der Waals surface area contributed by atoms with Gasteiger partial charge in [-0.15, -0.1) is 0 Å². The SMILES string of the molecule is CCOC(=O)Nc1cccc(CCNC(C)=O)c1. The Balaban J connectivity index is 2.51. The molecule has 0 bridgehead atoms. The lowest BCUT2D eigenvalue weighted by Crippen LogP contribution is -2.22. The van der Waals surface area contributed by atoms with Crippen LogP contribution in [0.3, 0.4) is 0 Å². The van der Waals surface area contributed by atoms with Crippen LogP contribution in [0.1, 0.15) is 19.4 Å². The molecule has 2 amide bonds. The number of hydrogen-bond donors (Lipinski definition) is 2. The first kappa shape index (κ1) is 14.0. The summed E-state index contributed by atoms with van der Waals surface area (Å²) in [5.74, 6) is -0.0456. The van der Waals surface area contributed by atoms with Gasteiger partial charge >= 0.3 is 6.09 Å². The summed E-state index contributed by atoms with van der Waals surface area (Å²) >= 11 is 0. The number of nitrogens with one attached hydrogen (secondary N) is 2. The van der Waals surface area contributed by atoms with Gasteiger partial charge in [0, 0.05) is 19.2 Å². The van der Waals surface area contributed by atoms with E-state index in [1.54, 1.807) is 13.0 Å². The van der Waals surface area contributed by atoms with Crippen LogP contribution in [0.2, 0.25) is 0 Å². The van der Waals surface area contributed by atoms with E-state index in [0.717, 1.165) is 12.0 Å². The van der Waals surface area contributed by atoms with Crippen LogP contribution in [0.4, 0.5) is 10.5 Å². The number of anilines is 1. The quantitative estimate of drug-likeness (QED) is 0.839. The zero-order valence-electron chi connectivity index (χ0n) is 10.7. The summed E-state index contributed by atoms with van der Waals surface area (Å²) in [7, 11) is 0. The topological polar surface area (TPSA) is 67.4 Å². The Hall–Kier alpha value is -2.04. The van der Waals surface area contributed by atoms with Crippen LogP contribution in [0.5, 0.6) is 0 Å². The number of benzene rings is 1. The molecule has 0 spiro atoms. The van der Waals surface area contributed by atoms with Crippen LogP contribution >= 0.6 is 0 Å². The predicted octanol–water partition coefficient (Wildman–Crippen LogP) is 1.93. The Morgan fingerprint density at radius 1 is 1.33 bits per heavy atom. The van der Waals surface area contributed by atoms with Gasteiger partial charge in [0.15, 0.2) is 0 Å². The molecular formula is C13H18N2O3. The molecule has 5 heteroatoms. The fourth-order valence-electron chi connectivity index (χ4n) is 1.47. The van der Waals surface area contributed by atoms with Crippen LogP contribution in [-0.2, 0) is 16.0 Å². The van der Waals surface area contributed by atoms with Crippen LogP contribution in [-0.4, -0.2) is 25.2 Å². The number of carbonyl (C=O) groups excluding carboxylic acids is 2. The predicted molar refractivity (Wildman–Crippen MR) is 69.5 cm³/mol. The van der Waals surface area contributed by atoms with E-state index in [4.69, 9.17) is 4.74 Å². The monoisotopic (exact) mass is 250 g/mol. The highest BCUT2D eigenvalue weighted by Gasteiger charge is 2.02. The van der Waals surface area contributed by atoms with E-state index in [9.17, 15) is 9.59 Å². The number of ether oxygens (including phenoxy) is 1. The minimum absolute atomic E-state index is 0.0456. The molecule has 0 heterocycles. The smallest absolute Gasteiger partial charge is 0.411 e. The summed E-state index contributed by atoms with van der Waals surface area (Å²) in [5.41, 5.74) is 1.73. The summed E-state index contributed by atoms with van der Waals surface area (Å²) in [5, 5.41) is 5.36. The molecule has 1 aromatic rings. The largest absolute Gasteiger partial charge is 0.450 e. The van der Waals surface area contributed by atoms with Gasteiger partial charge in [0.25, 0.3) is 0 Å². The van der Waals surface area contributed by atoms with E-state index in [1.165, 1.54) is 6.92 Å². The summed E-state index contributed by atoms with van der Waals surface area (Å²) in [6.07, 6.45) is 0.259. The van der Waals surface area contributed by atoms with Gasteiger partial charge in [-0.2, -0.15) is 0 Å². The standard InChI is InChI=1S/C13H18N2O3/c1-3-18-13(17)15-12-6-4-5-11(9-12)7-8-14-10(2)16/h4-6,9H,3,7-8H2,1-2H3,(H,14,16)(H,15,17). The highest BCUT2D eigenvalue weighted by Crippen LogP contribution is 2.11. The normalized spacial score (nSPS) is 9.67. The highest BCUT2D eigenvalue weighted by molar-refractivity contribution is 5.84. The van der Waals surface area contributed by atoms with Gasteiger partial charge < -0.3 is 10.1 Å². The van der Waals surface area contributed by atoms with Gasteiger partial charge in [0.2, 0.25) is 5.91 Å². The molecule has 1 aromatic carbocycles. The van der Waals surface area contributed by atoms with Crippen molar-refractivity contribution in [1.29, 1.82) is 0 Å². The number of carbonyl (C=O) groups is 2. The third-order valence-electron chi connectivity index (χ3n) is 2.24. The third-order valence-corrected chi connectivity index (χ3v) is 2.24. The van der Waals surface area contributed by atoms with Crippen molar-refractivity contribution in [1.82, 2.24) is 5.32 Å². The van der Waals surface area contributed by atoms with Crippen molar-refractivity contribution in [3.8, 4) is 0 Å². The van der Waals surface area contributed by atoms with Gasteiger partial charge in [-0.3, -0.25) is 10.1 Å². The second-order valence-corrected chi connectivity index (χ2v) is 3.78. The minimum atomic E-state index is -0.462. The summed E-state index contributed by atoms with van der Waals surface area (Å²) in [4.78, 5) is 22.0. The first-order valence-corrected chi connectivity index (χ1v) is 5.89. The molecule has 0 unspecified atom stereocenters. The summed E-state index contributed by atoms with van der Waals surface area (Å²) in [6.45, 7) is 4.16. The Labute approximate surface area is 107 Å². The first-order valence-electron chi connectivity index (χ1n) is 5.89. The van der Waals surface area contributed by atoms with E-state index in [2.05, 4.69) is 10.6 Å². The number of rotatable bonds is 5. The Morgan fingerprint density at radius 3 is 2.78 bits per heavy atom. The molecule has 18 heavy (non-hydrogen) atoms. The maximum absolute atomic E-state index is 11.2. The van der Waals surface area contributed by atoms with Crippen molar-refractivity contribution < 1.29 is 14.3 Å². The highest BCUT2D eigenvalue weighted by atomic mass is 16.5. The molecule has 0 saturated carbocycles. The molecule has 0 atom stereocenters. The van der Waals surface area contributed by atoms with Crippen molar-refractivity contribution in [2.24, 2.45) is 0 Å². The maximum Gasteiger partial charge on any atom is 0.411 e. The molecule has 0 aliphatic heterocycles. The van der Waals surface area contributed by atoms with E-state index < -0.39 is 6.09 Å². The molecule has 0 aliphatic rings. The van der Waals surface area contributed by atoms with Crippen molar-refractivity contribution in [2.75, 3.05) is 18.5 Å². The van der Waals surface area contributed by atoms with Crippen LogP contribution in [0.25, 0.3) is 0 Å². The zero-order chi connectivity index (χ0) is 13.4. The van der Waals surface area contributed by atoms with Crippen molar-refractivity contribution in [3.63, 3.8) is 0 Å². The molecule has 1 rings (SSSR count). The van der Waals surface area contributed by atoms with Crippen molar-refractivity contribution in [3.05, 3.63) is 29.8 Å². The minimum Gasteiger partial charge on any atom is -0.450 e. The second-order valence-electron chi connectivity index (χ2n) is 3.78. The van der Waals surface area contributed by atoms with Crippen LogP contribution in [0.15, 0.2) is 24.3 Å². The lowest BCUT2D eigenvalue weighted by Gasteiger charge is -2.07. The van der Waals surface area contributed by atoms with Crippen molar-refractivity contribution >= 4 is 17.7 Å². The fourth-order valence-corrected chi connectivity index (χ4v) is 1.47. The first-order chi connectivity index (χ1) is 8.61. The average molecular weight is 250 g/mol. The summed E-state index contributed by atoms with van der Waals surface area (Å²) in [6, 6.07) is 7.44. The van der Waals surface area contributed by atoms with Crippen molar-refractivity contribution in [2.45, 2.75) is 20.3 Å². The second kappa shape index (κ2) is 7.32. The summed E-state index contributed by atoms with van der Waals surface area (Å²) < 4.78 is 4.79. The maximum atomic E-state index is 11.2. The fraction of sp³-hybridized carbons (Fsp3) is 0.385. The van der Waals surface area contributed by atoms with Gasteiger partial charge in [-0.05, 0) is 31.0 Å². The average Bonchev–Trinajstić information content (AvgIpc) is 2.29. The lowest BCUT2D eigenvalue weighted by atomic mass is 10.1. The van der Waals surface area contributed by atoms with Gasteiger partial charge in [-0.25, -0.2) is 4.79 Å². The van der Waals surface area contributed by atoms with E-state index in [-0.39, 0.29) is 5.91 Å². The van der Waals surface area contributed by atoms with E-state index >= 15 is 0 Å². The Kier molecular flexibility index (Phi) is 5.70. The van der Waals surface area contributed by atoms with E-state index in [0.29, 0.717) is 18.8 Å². The van der Waals surface area contributed by atoms with Gasteiger partial charge in [-0.1, -0.05) is 12.1 Å². The number of amides is 2. The van der Waals surface area contributed by atoms with Gasteiger partial charge in [0.05, 0.1) is 6.61 Å². The molecule has 0 saturated heterocycles. The van der Waals surface area contributed by atoms with E-state index in [1.807, 2.05) is 18.2 Å². The Bertz CT molecular complexity index is 418. The van der Waals surface area contributed by atoms with Gasteiger partial charge in [0.1, 0.15) is 0 Å². The number of hydrogen-bond acceptors (Lipinski definition) is 3. The molecule has 0 fully saturated rings. The molecule has 0 aliphatic carbocycles. The molecule has 0 radical (unpaired) electrons.